The van der Waals surface area contributed by atoms with Gasteiger partial charge in [-0.25, -0.2) is 4.98 Å². The monoisotopic (exact) mass is 395 g/mol. The molecule has 0 bridgehead atoms. The average Bonchev–Trinajstić information content (AvgIpc) is 3.34. The fraction of sp³-hybridized carbons (Fsp3) is 0.176. The first-order valence-corrected chi connectivity index (χ1v) is 9.36. The van der Waals surface area contributed by atoms with Crippen molar-refractivity contribution in [2.24, 2.45) is 5.10 Å². The molecule has 0 saturated carbocycles. The van der Waals surface area contributed by atoms with E-state index in [2.05, 4.69) is 10.1 Å². The molecule has 4 nitrogen and oxygen atoms in total. The number of rotatable bonds is 3. The largest absolute Gasteiger partial charge is 0.438 e. The lowest BCUT2D eigenvalue weighted by molar-refractivity contribution is -0.254. The van der Waals surface area contributed by atoms with E-state index in [-0.39, 0.29) is 10.8 Å². The Bertz CT molecular complexity index is 938. The number of thiazole rings is 1. The Morgan fingerprint density at radius 2 is 1.85 bits per heavy atom. The summed E-state index contributed by atoms with van der Waals surface area (Å²) in [6, 6.07) is 12.5. The number of aliphatic hydroxyl groups is 1. The molecule has 2 aromatic heterocycles. The molecule has 0 saturated heterocycles. The predicted octanol–water partition coefficient (Wildman–Crippen LogP) is 4.74. The Hall–Kier alpha value is -2.23. The molecule has 1 N–H and O–H groups in total. The van der Waals surface area contributed by atoms with Gasteiger partial charge in [0, 0.05) is 10.9 Å². The number of thiophene rings is 1. The van der Waals surface area contributed by atoms with E-state index in [1.165, 1.54) is 11.3 Å². The van der Waals surface area contributed by atoms with E-state index in [1.54, 1.807) is 22.9 Å². The minimum Gasteiger partial charge on any atom is -0.362 e. The van der Waals surface area contributed by atoms with Crippen molar-refractivity contribution in [1.82, 2.24) is 4.98 Å². The summed E-state index contributed by atoms with van der Waals surface area (Å²) < 4.78 is 40.9. The van der Waals surface area contributed by atoms with Gasteiger partial charge in [-0.1, -0.05) is 36.4 Å². The zero-order valence-electron chi connectivity index (χ0n) is 13.1. The number of aromatic nitrogens is 1. The number of hydrazone groups is 1. The van der Waals surface area contributed by atoms with Gasteiger partial charge in [-0.15, -0.1) is 22.7 Å². The topological polar surface area (TPSA) is 48.7 Å². The Labute approximate surface area is 154 Å². The van der Waals surface area contributed by atoms with Crippen LogP contribution in [0.4, 0.5) is 18.3 Å². The second kappa shape index (κ2) is 6.19. The quantitative estimate of drug-likeness (QED) is 0.697. The molecule has 3 aromatic rings. The van der Waals surface area contributed by atoms with Crippen LogP contribution in [0.25, 0.3) is 11.3 Å². The van der Waals surface area contributed by atoms with Gasteiger partial charge in [-0.2, -0.15) is 23.3 Å². The molecule has 4 rings (SSSR count). The first-order chi connectivity index (χ1) is 12.4. The standard InChI is InChI=1S/C17H12F3N3OS2/c18-17(19,20)16(24)9-12(14-7-4-8-25-14)22-23(16)15-21-13(10-26-15)11-5-2-1-3-6-11/h1-8,10,24H,9H2/t16-/m0/s1. The van der Waals surface area contributed by atoms with E-state index < -0.39 is 18.3 Å². The van der Waals surface area contributed by atoms with Crippen molar-refractivity contribution in [1.29, 1.82) is 0 Å². The normalized spacial score (nSPS) is 20.5. The minimum atomic E-state index is -4.88. The van der Waals surface area contributed by atoms with Gasteiger partial charge in [-0.05, 0) is 11.4 Å². The highest BCUT2D eigenvalue weighted by atomic mass is 32.1. The van der Waals surface area contributed by atoms with Crippen LogP contribution < -0.4 is 5.01 Å². The number of nitrogens with zero attached hydrogens (tertiary/aromatic N) is 3. The number of anilines is 1. The van der Waals surface area contributed by atoms with E-state index in [0.717, 1.165) is 16.9 Å². The molecule has 1 aliphatic rings. The van der Waals surface area contributed by atoms with Crippen LogP contribution in [0.5, 0.6) is 0 Å². The van der Waals surface area contributed by atoms with Gasteiger partial charge in [0.1, 0.15) is 0 Å². The van der Waals surface area contributed by atoms with Gasteiger partial charge in [0.25, 0.3) is 5.72 Å². The van der Waals surface area contributed by atoms with Crippen LogP contribution in [0.3, 0.4) is 0 Å². The van der Waals surface area contributed by atoms with Crippen molar-refractivity contribution in [3.05, 3.63) is 58.1 Å². The third kappa shape index (κ3) is 2.81. The van der Waals surface area contributed by atoms with Crippen molar-refractivity contribution in [3.8, 4) is 11.3 Å². The molecule has 9 heteroatoms. The predicted molar refractivity (Wildman–Crippen MR) is 96.5 cm³/mol. The summed E-state index contributed by atoms with van der Waals surface area (Å²) in [4.78, 5) is 4.86. The number of halogens is 3. The molecule has 134 valence electrons. The Balaban J connectivity index is 1.76. The van der Waals surface area contributed by atoms with E-state index in [1.807, 2.05) is 30.3 Å². The van der Waals surface area contributed by atoms with Gasteiger partial charge in [0.05, 0.1) is 22.7 Å². The molecule has 0 aliphatic carbocycles. The molecule has 1 aliphatic heterocycles. The van der Waals surface area contributed by atoms with Gasteiger partial charge < -0.3 is 5.11 Å². The smallest absolute Gasteiger partial charge is 0.362 e. The molecule has 0 amide bonds. The average molecular weight is 395 g/mol. The van der Waals surface area contributed by atoms with E-state index in [0.29, 0.717) is 15.6 Å². The lowest BCUT2D eigenvalue weighted by atomic mass is 10.1. The van der Waals surface area contributed by atoms with Crippen LogP contribution in [0, 0.1) is 0 Å². The van der Waals surface area contributed by atoms with Crippen molar-refractivity contribution in [2.45, 2.75) is 18.3 Å². The molecule has 1 atom stereocenters. The van der Waals surface area contributed by atoms with Crippen molar-refractivity contribution < 1.29 is 18.3 Å². The van der Waals surface area contributed by atoms with Crippen molar-refractivity contribution >= 4 is 33.5 Å². The fourth-order valence-electron chi connectivity index (χ4n) is 2.65. The summed E-state index contributed by atoms with van der Waals surface area (Å²) >= 11 is 2.29. The Morgan fingerprint density at radius 1 is 1.08 bits per heavy atom. The molecule has 0 fully saturated rings. The summed E-state index contributed by atoms with van der Waals surface area (Å²) in [6.07, 6.45) is -5.52. The second-order valence-corrected chi connectivity index (χ2v) is 7.49. The highest BCUT2D eigenvalue weighted by Gasteiger charge is 2.62. The Morgan fingerprint density at radius 3 is 2.50 bits per heavy atom. The molecule has 1 aromatic carbocycles. The molecule has 0 spiro atoms. The summed E-state index contributed by atoms with van der Waals surface area (Å²) in [6.45, 7) is 0. The summed E-state index contributed by atoms with van der Waals surface area (Å²) in [5.41, 5.74) is -1.60. The van der Waals surface area contributed by atoms with Gasteiger partial charge in [-0.3, -0.25) is 0 Å². The molecule has 0 unspecified atom stereocenters. The third-order valence-electron chi connectivity index (χ3n) is 3.99. The van der Waals surface area contributed by atoms with Crippen LogP contribution in [0.15, 0.2) is 58.3 Å². The lowest BCUT2D eigenvalue weighted by Gasteiger charge is -2.32. The van der Waals surface area contributed by atoms with Gasteiger partial charge in [0.15, 0.2) is 0 Å². The maximum Gasteiger partial charge on any atom is 0.438 e. The summed E-state index contributed by atoms with van der Waals surface area (Å²) in [7, 11) is 0. The second-order valence-electron chi connectivity index (χ2n) is 5.71. The van der Waals surface area contributed by atoms with Gasteiger partial charge in [0.2, 0.25) is 5.13 Å². The number of hydrogen-bond acceptors (Lipinski definition) is 6. The molecular formula is C17H12F3N3OS2. The van der Waals surface area contributed by atoms with E-state index >= 15 is 0 Å². The number of hydrogen-bond donors (Lipinski definition) is 1. The van der Waals surface area contributed by atoms with Crippen molar-refractivity contribution in [2.75, 3.05) is 5.01 Å². The maximum atomic E-state index is 13.6. The molecule has 26 heavy (non-hydrogen) atoms. The van der Waals surface area contributed by atoms with Crippen LogP contribution >= 0.6 is 22.7 Å². The van der Waals surface area contributed by atoms with Crippen LogP contribution in [0.1, 0.15) is 11.3 Å². The van der Waals surface area contributed by atoms with E-state index in [9.17, 15) is 18.3 Å². The Kier molecular flexibility index (Phi) is 4.09. The van der Waals surface area contributed by atoms with E-state index in [4.69, 9.17) is 0 Å². The van der Waals surface area contributed by atoms with Crippen LogP contribution in [-0.2, 0) is 0 Å². The first kappa shape index (κ1) is 17.2. The highest BCUT2D eigenvalue weighted by Crippen LogP contribution is 2.45. The zero-order chi connectivity index (χ0) is 18.4. The SMILES string of the molecule is O[C@]1(C(F)(F)F)CC(c2cccs2)=NN1c1nc(-c2ccccc2)cs1. The van der Waals surface area contributed by atoms with Crippen molar-refractivity contribution in [3.63, 3.8) is 0 Å². The molecular weight excluding hydrogens is 383 g/mol. The highest BCUT2D eigenvalue weighted by molar-refractivity contribution is 7.14. The fourth-order valence-corrected chi connectivity index (χ4v) is 4.21. The van der Waals surface area contributed by atoms with Crippen LogP contribution in [-0.4, -0.2) is 27.7 Å². The summed E-state index contributed by atoms with van der Waals surface area (Å²) in [5, 5.41) is 18.5. The maximum absolute atomic E-state index is 13.6. The zero-order valence-corrected chi connectivity index (χ0v) is 14.8. The summed E-state index contributed by atoms with van der Waals surface area (Å²) in [5.74, 6) is 0. The van der Waals surface area contributed by atoms with Crippen LogP contribution in [0.2, 0.25) is 0 Å². The van der Waals surface area contributed by atoms with Gasteiger partial charge >= 0.3 is 6.18 Å². The molecule has 3 heterocycles. The number of benzene rings is 1. The number of alkyl halides is 3. The minimum absolute atomic E-state index is 0.00441. The molecule has 0 radical (unpaired) electrons. The first-order valence-electron chi connectivity index (χ1n) is 7.60. The lowest BCUT2D eigenvalue weighted by Crippen LogP contribution is -2.55. The third-order valence-corrected chi connectivity index (χ3v) is 5.72.